The summed E-state index contributed by atoms with van der Waals surface area (Å²) in [6.45, 7) is 2.78. The molecule has 0 unspecified atom stereocenters. The number of hydrogen-bond donors (Lipinski definition) is 2. The molecule has 2 aliphatic rings. The van der Waals surface area contributed by atoms with Crippen LogP contribution in [-0.4, -0.2) is 38.5 Å². The average Bonchev–Trinajstić information content (AvgIpc) is 2.62. The summed E-state index contributed by atoms with van der Waals surface area (Å²) in [5.41, 5.74) is 11.2. The third kappa shape index (κ3) is 1.15. The molecule has 0 radical (unpaired) electrons. The minimum absolute atomic E-state index is 0.212. The molecule has 0 aliphatic carbocycles. The first kappa shape index (κ1) is 8.44. The van der Waals surface area contributed by atoms with E-state index >= 15 is 0 Å². The summed E-state index contributed by atoms with van der Waals surface area (Å²) in [6, 6.07) is 0. The van der Waals surface area contributed by atoms with Gasteiger partial charge >= 0.3 is 0 Å². The van der Waals surface area contributed by atoms with E-state index in [9.17, 15) is 0 Å². The maximum atomic E-state index is 5.60. The van der Waals surface area contributed by atoms with Gasteiger partial charge in [-0.2, -0.15) is 0 Å². The topological polar surface area (TPSA) is 70.5 Å². The molecule has 0 amide bonds. The Bertz CT molecular complexity index is 147. The van der Waals surface area contributed by atoms with Crippen molar-refractivity contribution in [3.63, 3.8) is 0 Å². The smallest absolute Gasteiger partial charge is 0.0903 e. The summed E-state index contributed by atoms with van der Waals surface area (Å²) in [5.74, 6) is 0.762. The van der Waals surface area contributed by atoms with Crippen LogP contribution in [0.3, 0.4) is 0 Å². The van der Waals surface area contributed by atoms with E-state index in [1.807, 2.05) is 0 Å². The van der Waals surface area contributed by atoms with Gasteiger partial charge in [-0.05, 0) is 13.1 Å². The van der Waals surface area contributed by atoms with Gasteiger partial charge in [0.1, 0.15) is 0 Å². The van der Waals surface area contributed by atoms with Gasteiger partial charge in [-0.3, -0.25) is 0 Å². The minimum Gasteiger partial charge on any atom is -0.375 e. The molecule has 4 N–H and O–H groups in total. The van der Waals surface area contributed by atoms with Gasteiger partial charge in [-0.15, -0.1) is 0 Å². The Kier molecular flexibility index (Phi) is 2.32. The van der Waals surface area contributed by atoms with Gasteiger partial charge in [0.25, 0.3) is 0 Å². The number of nitrogens with two attached hydrogens (primary N) is 2. The quantitative estimate of drug-likeness (QED) is 0.556. The lowest BCUT2D eigenvalue weighted by atomic mass is 9.97. The molecule has 4 nitrogen and oxygen atoms in total. The van der Waals surface area contributed by atoms with Gasteiger partial charge < -0.3 is 20.9 Å². The number of fused-ring (bicyclic) bond motifs is 1. The third-order valence-corrected chi connectivity index (χ3v) is 2.86. The van der Waals surface area contributed by atoms with Crippen molar-refractivity contribution in [1.82, 2.24) is 0 Å². The SMILES string of the molecule is NC[C@H]1CO[C@@H]2[C@@H](CN)CO[C@H]12. The molecule has 2 fully saturated rings. The van der Waals surface area contributed by atoms with E-state index in [1.54, 1.807) is 0 Å². The van der Waals surface area contributed by atoms with Crippen molar-refractivity contribution >= 4 is 0 Å². The standard InChI is InChI=1S/C8H16N2O2/c9-1-5-3-11-8-6(2-10)4-12-7(5)8/h5-8H,1-4,9-10H2/t5-,6-,7+,8+/m0/s1. The summed E-state index contributed by atoms with van der Waals surface area (Å²) >= 11 is 0. The molecular weight excluding hydrogens is 156 g/mol. The molecular formula is C8H16N2O2. The Morgan fingerprint density at radius 2 is 1.33 bits per heavy atom. The van der Waals surface area contributed by atoms with Gasteiger partial charge in [0.05, 0.1) is 25.4 Å². The van der Waals surface area contributed by atoms with Crippen LogP contribution in [0.5, 0.6) is 0 Å². The zero-order valence-corrected chi connectivity index (χ0v) is 7.11. The van der Waals surface area contributed by atoms with Gasteiger partial charge in [-0.25, -0.2) is 0 Å². The first-order valence-electron chi connectivity index (χ1n) is 4.50. The van der Waals surface area contributed by atoms with Crippen LogP contribution in [-0.2, 0) is 9.47 Å². The van der Waals surface area contributed by atoms with Crippen LogP contribution in [0.25, 0.3) is 0 Å². The zero-order chi connectivity index (χ0) is 8.55. The molecule has 4 atom stereocenters. The Hall–Kier alpha value is -0.160. The maximum absolute atomic E-state index is 5.60. The van der Waals surface area contributed by atoms with Crippen molar-refractivity contribution in [2.75, 3.05) is 26.3 Å². The van der Waals surface area contributed by atoms with E-state index < -0.39 is 0 Å². The molecule has 4 heteroatoms. The van der Waals surface area contributed by atoms with E-state index in [1.165, 1.54) is 0 Å². The predicted molar refractivity (Wildman–Crippen MR) is 44.6 cm³/mol. The number of rotatable bonds is 2. The van der Waals surface area contributed by atoms with Crippen molar-refractivity contribution in [2.24, 2.45) is 23.3 Å². The van der Waals surface area contributed by atoms with Crippen molar-refractivity contribution in [3.05, 3.63) is 0 Å². The average molecular weight is 172 g/mol. The fourth-order valence-corrected chi connectivity index (χ4v) is 2.06. The number of hydrogen-bond acceptors (Lipinski definition) is 4. The third-order valence-electron chi connectivity index (χ3n) is 2.86. The second-order valence-electron chi connectivity index (χ2n) is 3.59. The molecule has 0 spiro atoms. The monoisotopic (exact) mass is 172 g/mol. The molecule has 70 valence electrons. The minimum atomic E-state index is 0.212. The molecule has 2 rings (SSSR count). The van der Waals surface area contributed by atoms with Crippen molar-refractivity contribution < 1.29 is 9.47 Å². The van der Waals surface area contributed by atoms with Crippen LogP contribution >= 0.6 is 0 Å². The lowest BCUT2D eigenvalue weighted by Crippen LogP contribution is -2.32. The fourth-order valence-electron chi connectivity index (χ4n) is 2.06. The first-order valence-corrected chi connectivity index (χ1v) is 4.50. The number of ether oxygens (including phenoxy) is 2. The van der Waals surface area contributed by atoms with Crippen LogP contribution in [0.15, 0.2) is 0 Å². The fraction of sp³-hybridized carbons (Fsp3) is 1.00. The molecule has 0 aromatic carbocycles. The Balaban J connectivity index is 2.01. The molecule has 2 heterocycles. The second-order valence-corrected chi connectivity index (χ2v) is 3.59. The summed E-state index contributed by atoms with van der Waals surface area (Å²) in [4.78, 5) is 0. The summed E-state index contributed by atoms with van der Waals surface area (Å²) in [7, 11) is 0. The largest absolute Gasteiger partial charge is 0.375 e. The van der Waals surface area contributed by atoms with Crippen LogP contribution in [0.2, 0.25) is 0 Å². The zero-order valence-electron chi connectivity index (χ0n) is 7.11. The molecule has 0 saturated carbocycles. The van der Waals surface area contributed by atoms with Gasteiger partial charge in [-0.1, -0.05) is 0 Å². The molecule has 2 saturated heterocycles. The summed E-state index contributed by atoms with van der Waals surface area (Å²) in [6.07, 6.45) is 0.423. The second kappa shape index (κ2) is 3.30. The summed E-state index contributed by atoms with van der Waals surface area (Å²) < 4.78 is 11.2. The van der Waals surface area contributed by atoms with E-state index in [4.69, 9.17) is 20.9 Å². The molecule has 2 aliphatic heterocycles. The molecule has 0 aromatic rings. The van der Waals surface area contributed by atoms with Crippen LogP contribution < -0.4 is 11.5 Å². The van der Waals surface area contributed by atoms with Gasteiger partial charge in [0.15, 0.2) is 0 Å². The van der Waals surface area contributed by atoms with Crippen LogP contribution in [0.4, 0.5) is 0 Å². The van der Waals surface area contributed by atoms with E-state index in [2.05, 4.69) is 0 Å². The molecule has 0 aromatic heterocycles. The van der Waals surface area contributed by atoms with Crippen LogP contribution in [0.1, 0.15) is 0 Å². The van der Waals surface area contributed by atoms with Gasteiger partial charge in [0, 0.05) is 11.8 Å². The van der Waals surface area contributed by atoms with Crippen molar-refractivity contribution in [1.29, 1.82) is 0 Å². The first-order chi connectivity index (χ1) is 5.86. The Labute approximate surface area is 72.2 Å². The highest BCUT2D eigenvalue weighted by Crippen LogP contribution is 2.33. The maximum Gasteiger partial charge on any atom is 0.0903 e. The normalized spacial score (nSPS) is 46.5. The van der Waals surface area contributed by atoms with E-state index in [-0.39, 0.29) is 12.2 Å². The Morgan fingerprint density at radius 3 is 1.67 bits per heavy atom. The predicted octanol–water partition coefficient (Wildman–Crippen LogP) is -1.07. The summed E-state index contributed by atoms with van der Waals surface area (Å²) in [5, 5.41) is 0. The van der Waals surface area contributed by atoms with Gasteiger partial charge in [0.2, 0.25) is 0 Å². The van der Waals surface area contributed by atoms with Crippen molar-refractivity contribution in [2.45, 2.75) is 12.2 Å². The highest BCUT2D eigenvalue weighted by molar-refractivity contribution is 4.94. The lowest BCUT2D eigenvalue weighted by Gasteiger charge is -2.14. The van der Waals surface area contributed by atoms with Crippen LogP contribution in [0, 0.1) is 11.8 Å². The van der Waals surface area contributed by atoms with E-state index in [0.717, 1.165) is 13.2 Å². The molecule has 0 bridgehead atoms. The highest BCUT2D eigenvalue weighted by atomic mass is 16.6. The lowest BCUT2D eigenvalue weighted by molar-refractivity contribution is 0.0615. The van der Waals surface area contributed by atoms with E-state index in [0.29, 0.717) is 24.9 Å². The highest BCUT2D eigenvalue weighted by Gasteiger charge is 2.46. The molecule has 12 heavy (non-hydrogen) atoms. The Morgan fingerprint density at radius 1 is 0.917 bits per heavy atom. The van der Waals surface area contributed by atoms with Crippen molar-refractivity contribution in [3.8, 4) is 0 Å².